The van der Waals surface area contributed by atoms with Gasteiger partial charge in [-0.2, -0.15) is 0 Å². The first-order valence-electron chi connectivity index (χ1n) is 6.38. The second-order valence-electron chi connectivity index (χ2n) is 4.54. The minimum Gasteiger partial charge on any atom is -0.478 e. The molecule has 0 unspecified atom stereocenters. The Morgan fingerprint density at radius 3 is 2.38 bits per heavy atom. The van der Waals surface area contributed by atoms with Crippen molar-refractivity contribution in [1.29, 1.82) is 0 Å². The lowest BCUT2D eigenvalue weighted by atomic mass is 10.0. The summed E-state index contributed by atoms with van der Waals surface area (Å²) in [5.74, 6) is -1.22. The van der Waals surface area contributed by atoms with Crippen molar-refractivity contribution >= 4 is 27.8 Å². The molecule has 1 amide bonds. The number of carboxylic acids is 1. The van der Waals surface area contributed by atoms with Crippen LogP contribution in [0.3, 0.4) is 0 Å². The molecule has 0 saturated heterocycles. The lowest BCUT2D eigenvalue weighted by Gasteiger charge is -2.07. The second kappa shape index (κ2) is 7.04. The molecule has 2 aromatic rings. The molecule has 0 aliphatic rings. The molecule has 5 heteroatoms. The Balaban J connectivity index is 1.96. The zero-order chi connectivity index (χ0) is 15.2. The van der Waals surface area contributed by atoms with Crippen molar-refractivity contribution in [3.8, 4) is 0 Å². The van der Waals surface area contributed by atoms with E-state index < -0.39 is 5.97 Å². The Morgan fingerprint density at radius 2 is 1.71 bits per heavy atom. The van der Waals surface area contributed by atoms with E-state index >= 15 is 0 Å². The van der Waals surface area contributed by atoms with E-state index in [1.54, 1.807) is 18.2 Å². The van der Waals surface area contributed by atoms with Gasteiger partial charge in [-0.15, -0.1) is 0 Å². The fourth-order valence-electron chi connectivity index (χ4n) is 1.92. The lowest BCUT2D eigenvalue weighted by molar-refractivity contribution is -0.120. The molecule has 21 heavy (non-hydrogen) atoms. The topological polar surface area (TPSA) is 66.4 Å². The average Bonchev–Trinajstić information content (AvgIpc) is 2.47. The summed E-state index contributed by atoms with van der Waals surface area (Å²) in [6, 6.07) is 14.2. The molecule has 0 aliphatic carbocycles. The van der Waals surface area contributed by atoms with Crippen molar-refractivity contribution in [1.82, 2.24) is 5.32 Å². The quantitative estimate of drug-likeness (QED) is 0.873. The Kier molecular flexibility index (Phi) is 5.11. The molecule has 2 rings (SSSR count). The van der Waals surface area contributed by atoms with E-state index in [-0.39, 0.29) is 17.9 Å². The molecular weight excluding hydrogens is 334 g/mol. The Labute approximate surface area is 130 Å². The van der Waals surface area contributed by atoms with Gasteiger partial charge in [-0.25, -0.2) is 4.79 Å². The maximum atomic E-state index is 11.9. The standard InChI is InChI=1S/C16H14BrNO3/c17-13-7-5-11(6-8-13)10-18-15(19)9-12-3-1-2-4-14(12)16(20)21/h1-8H,9-10H2,(H,18,19)(H,20,21). The Morgan fingerprint density at radius 1 is 1.05 bits per heavy atom. The van der Waals surface area contributed by atoms with Crippen LogP contribution < -0.4 is 5.32 Å². The lowest BCUT2D eigenvalue weighted by Crippen LogP contribution is -2.25. The van der Waals surface area contributed by atoms with Gasteiger partial charge in [0.15, 0.2) is 0 Å². The number of carbonyl (C=O) groups is 2. The molecule has 0 radical (unpaired) electrons. The number of nitrogens with one attached hydrogen (secondary N) is 1. The third-order valence-corrected chi connectivity index (χ3v) is 3.53. The van der Waals surface area contributed by atoms with E-state index in [4.69, 9.17) is 5.11 Å². The number of hydrogen-bond acceptors (Lipinski definition) is 2. The molecule has 0 heterocycles. The highest BCUT2D eigenvalue weighted by Gasteiger charge is 2.12. The van der Waals surface area contributed by atoms with E-state index in [1.165, 1.54) is 6.07 Å². The fourth-order valence-corrected chi connectivity index (χ4v) is 2.19. The SMILES string of the molecule is O=C(Cc1ccccc1C(=O)O)NCc1ccc(Br)cc1. The summed E-state index contributed by atoms with van der Waals surface area (Å²) < 4.78 is 0.980. The molecule has 2 N–H and O–H groups in total. The smallest absolute Gasteiger partial charge is 0.335 e. The summed E-state index contributed by atoms with van der Waals surface area (Å²) >= 11 is 3.35. The van der Waals surface area contributed by atoms with Crippen molar-refractivity contribution < 1.29 is 14.7 Å². The number of rotatable bonds is 5. The van der Waals surface area contributed by atoms with Crippen molar-refractivity contribution in [2.24, 2.45) is 0 Å². The van der Waals surface area contributed by atoms with E-state index in [2.05, 4.69) is 21.2 Å². The van der Waals surface area contributed by atoms with Crippen LogP contribution in [0, 0.1) is 0 Å². The van der Waals surface area contributed by atoms with Gasteiger partial charge in [0, 0.05) is 11.0 Å². The van der Waals surface area contributed by atoms with Crippen LogP contribution in [-0.4, -0.2) is 17.0 Å². The maximum Gasteiger partial charge on any atom is 0.335 e. The maximum absolute atomic E-state index is 11.9. The van der Waals surface area contributed by atoms with Crippen molar-refractivity contribution in [3.63, 3.8) is 0 Å². The molecular formula is C16H14BrNO3. The molecule has 0 spiro atoms. The predicted molar refractivity (Wildman–Crippen MR) is 83.1 cm³/mol. The van der Waals surface area contributed by atoms with Crippen LogP contribution >= 0.6 is 15.9 Å². The van der Waals surface area contributed by atoms with Crippen LogP contribution in [0.25, 0.3) is 0 Å². The van der Waals surface area contributed by atoms with Crippen molar-refractivity contribution in [2.45, 2.75) is 13.0 Å². The Bertz CT molecular complexity index is 653. The highest BCUT2D eigenvalue weighted by molar-refractivity contribution is 9.10. The number of benzene rings is 2. The van der Waals surface area contributed by atoms with Crippen LogP contribution in [0.5, 0.6) is 0 Å². The van der Waals surface area contributed by atoms with E-state index in [1.807, 2.05) is 24.3 Å². The third-order valence-electron chi connectivity index (χ3n) is 3.00. The summed E-state index contributed by atoms with van der Waals surface area (Å²) in [4.78, 5) is 23.0. The summed E-state index contributed by atoms with van der Waals surface area (Å²) in [5.41, 5.74) is 1.66. The van der Waals surface area contributed by atoms with Gasteiger partial charge in [-0.3, -0.25) is 4.79 Å². The van der Waals surface area contributed by atoms with Crippen LogP contribution in [0.4, 0.5) is 0 Å². The molecule has 0 saturated carbocycles. The van der Waals surface area contributed by atoms with Gasteiger partial charge < -0.3 is 10.4 Å². The van der Waals surface area contributed by atoms with Gasteiger partial charge in [-0.05, 0) is 29.3 Å². The summed E-state index contributed by atoms with van der Waals surface area (Å²) in [6.07, 6.45) is 0.0546. The minimum atomic E-state index is -1.02. The molecule has 0 fully saturated rings. The monoisotopic (exact) mass is 347 g/mol. The van der Waals surface area contributed by atoms with Crippen LogP contribution in [-0.2, 0) is 17.8 Å². The highest BCUT2D eigenvalue weighted by atomic mass is 79.9. The van der Waals surface area contributed by atoms with Crippen LogP contribution in [0.1, 0.15) is 21.5 Å². The zero-order valence-corrected chi connectivity index (χ0v) is 12.8. The van der Waals surface area contributed by atoms with Gasteiger partial charge in [-0.1, -0.05) is 46.3 Å². The summed E-state index contributed by atoms with van der Waals surface area (Å²) in [7, 11) is 0. The van der Waals surface area contributed by atoms with Gasteiger partial charge >= 0.3 is 5.97 Å². The fraction of sp³-hybridized carbons (Fsp3) is 0.125. The summed E-state index contributed by atoms with van der Waals surface area (Å²) in [5, 5.41) is 11.9. The number of amides is 1. The third kappa shape index (κ3) is 4.43. The first-order chi connectivity index (χ1) is 10.1. The number of halogens is 1. The van der Waals surface area contributed by atoms with Crippen molar-refractivity contribution in [3.05, 3.63) is 69.7 Å². The number of hydrogen-bond donors (Lipinski definition) is 2. The number of carboxylic acid groups (broad SMARTS) is 1. The highest BCUT2D eigenvalue weighted by Crippen LogP contribution is 2.11. The van der Waals surface area contributed by atoms with E-state index in [0.29, 0.717) is 12.1 Å². The second-order valence-corrected chi connectivity index (χ2v) is 5.46. The minimum absolute atomic E-state index is 0.0546. The number of aromatic carboxylic acids is 1. The normalized spacial score (nSPS) is 10.1. The molecule has 4 nitrogen and oxygen atoms in total. The molecule has 108 valence electrons. The van der Waals surface area contributed by atoms with E-state index in [9.17, 15) is 9.59 Å². The molecule has 0 atom stereocenters. The first kappa shape index (κ1) is 15.3. The molecule has 0 aromatic heterocycles. The van der Waals surface area contributed by atoms with Gasteiger partial charge in [0.25, 0.3) is 0 Å². The molecule has 0 aliphatic heterocycles. The number of carbonyl (C=O) groups excluding carboxylic acids is 1. The molecule has 0 bridgehead atoms. The van der Waals surface area contributed by atoms with Crippen molar-refractivity contribution in [2.75, 3.05) is 0 Å². The zero-order valence-electron chi connectivity index (χ0n) is 11.2. The van der Waals surface area contributed by atoms with Gasteiger partial charge in [0.05, 0.1) is 12.0 Å². The molecule has 2 aromatic carbocycles. The van der Waals surface area contributed by atoms with Gasteiger partial charge in [0.2, 0.25) is 5.91 Å². The summed E-state index contributed by atoms with van der Waals surface area (Å²) in [6.45, 7) is 0.418. The van der Waals surface area contributed by atoms with Gasteiger partial charge in [0.1, 0.15) is 0 Å². The van der Waals surface area contributed by atoms with Crippen LogP contribution in [0.2, 0.25) is 0 Å². The Hall–Kier alpha value is -2.14. The van der Waals surface area contributed by atoms with Crippen LogP contribution in [0.15, 0.2) is 53.0 Å². The average molecular weight is 348 g/mol. The first-order valence-corrected chi connectivity index (χ1v) is 7.18. The largest absolute Gasteiger partial charge is 0.478 e. The van der Waals surface area contributed by atoms with E-state index in [0.717, 1.165) is 10.0 Å². The predicted octanol–water partition coefficient (Wildman–Crippen LogP) is 3.01.